The van der Waals surface area contributed by atoms with E-state index in [0.717, 1.165) is 0 Å². The van der Waals surface area contributed by atoms with Gasteiger partial charge in [0, 0.05) is 0 Å². The molecule has 17 heteroatoms. The van der Waals surface area contributed by atoms with Crippen LogP contribution in [0.4, 0.5) is 0 Å². The molecule has 0 unspecified atom stereocenters. The van der Waals surface area contributed by atoms with E-state index in [-0.39, 0.29) is 78.6 Å². The van der Waals surface area contributed by atoms with Crippen molar-refractivity contribution in [3.63, 3.8) is 0 Å². The van der Waals surface area contributed by atoms with E-state index in [4.69, 9.17) is 39.8 Å². The van der Waals surface area contributed by atoms with Crippen molar-refractivity contribution in [3.8, 4) is 0 Å². The van der Waals surface area contributed by atoms with Gasteiger partial charge in [-0.25, -0.2) is 0 Å². The standard InChI is InChI=1S/5Al.Ca.Nd.10O/q;;;;;+2;+3;;;;;;5*-1. The second-order valence-electron chi connectivity index (χ2n) is 0.481. The third kappa shape index (κ3) is 537. The van der Waals surface area contributed by atoms with Gasteiger partial charge in [0.2, 0.25) is 0 Å². The van der Waals surface area contributed by atoms with E-state index in [9.17, 15) is 0 Å². The van der Waals surface area contributed by atoms with Crippen LogP contribution in [0.3, 0.4) is 0 Å². The summed E-state index contributed by atoms with van der Waals surface area (Å²) in [6.45, 7) is 0. The quantitative estimate of drug-likeness (QED) is 0.300. The van der Waals surface area contributed by atoms with Gasteiger partial charge >= 0.3 is 196 Å². The van der Waals surface area contributed by atoms with Gasteiger partial charge in [-0.3, -0.25) is 0 Å². The Balaban J connectivity index is -0.0000000143. The fraction of sp³-hybridized carbons (Fsp3) is 0. The second kappa shape index (κ2) is 94.0. The number of hydrogen-bond acceptors (Lipinski definition) is 10. The molecular formula is Al5CaNdO10. The van der Waals surface area contributed by atoms with E-state index in [1.165, 1.54) is 0 Å². The summed E-state index contributed by atoms with van der Waals surface area (Å²) in [4.78, 5) is 0. The van der Waals surface area contributed by atoms with Gasteiger partial charge in [0.1, 0.15) is 0 Å². The van der Waals surface area contributed by atoms with Crippen LogP contribution in [0.5, 0.6) is 0 Å². The van der Waals surface area contributed by atoms with Gasteiger partial charge in [-0.15, -0.1) is 0 Å². The van der Waals surface area contributed by atoms with E-state index in [1.807, 2.05) is 0 Å². The van der Waals surface area contributed by atoms with Crippen molar-refractivity contribution in [1.29, 1.82) is 0 Å². The van der Waals surface area contributed by atoms with Crippen molar-refractivity contribution < 1.29 is 80.6 Å². The normalized spacial score (nSPS) is 2.35. The molecule has 0 rings (SSSR count). The van der Waals surface area contributed by atoms with Crippen LogP contribution in [0.2, 0.25) is 0 Å². The fourth-order valence-corrected chi connectivity index (χ4v) is 0. The Morgan fingerprint density at radius 3 is 0.471 bits per heavy atom. The van der Waals surface area contributed by atoms with Gasteiger partial charge < -0.3 is 0 Å². The minimum absolute atomic E-state index is 0. The zero-order valence-electron chi connectivity index (χ0n) is 8.18. The van der Waals surface area contributed by atoms with Crippen molar-refractivity contribution in [1.82, 2.24) is 0 Å². The zero-order chi connectivity index (χ0) is 13.5. The number of rotatable bonds is 0. The van der Waals surface area contributed by atoms with Crippen molar-refractivity contribution in [2.75, 3.05) is 0 Å². The van der Waals surface area contributed by atoms with Crippen molar-refractivity contribution >= 4 is 115 Å². The second-order valence-corrected chi connectivity index (χ2v) is 1.44. The van der Waals surface area contributed by atoms with E-state index in [2.05, 4.69) is 0 Å². The molecule has 0 bridgehead atoms. The molecule has 0 spiro atoms. The van der Waals surface area contributed by atoms with Crippen LogP contribution < -0.4 is 20.8 Å². The molecule has 0 aromatic rings. The summed E-state index contributed by atoms with van der Waals surface area (Å²) in [5.74, 6) is 0. The molecular weight excluding hydrogens is 479 g/mol. The van der Waals surface area contributed by atoms with E-state index < -0.39 is 77.4 Å². The van der Waals surface area contributed by atoms with Crippen LogP contribution >= 0.6 is 0 Å². The molecule has 0 aromatic carbocycles. The molecule has 1 radical (unpaired) electrons. The first-order chi connectivity index (χ1) is 7.07. The molecule has 0 saturated heterocycles. The molecule has 0 heterocycles. The summed E-state index contributed by atoms with van der Waals surface area (Å²) in [7, 11) is 0. The van der Waals surface area contributed by atoms with Gasteiger partial charge in [0.15, 0.2) is 0 Å². The molecule has 0 N–H and O–H groups in total. The maximum atomic E-state index is 8.46. The Hall–Kier alpha value is 3.27. The Labute approximate surface area is 191 Å². The fourth-order valence-electron chi connectivity index (χ4n) is 0. The summed E-state index contributed by atoms with van der Waals surface area (Å²) in [6.07, 6.45) is 0. The summed E-state index contributed by atoms with van der Waals surface area (Å²) in [6, 6.07) is 0. The van der Waals surface area contributed by atoms with Gasteiger partial charge in [-0.05, 0) is 0 Å². The molecule has 0 fully saturated rings. The molecule has 10 nitrogen and oxygen atoms in total. The molecule has 0 amide bonds. The minimum atomic E-state index is -1.75. The van der Waals surface area contributed by atoms with E-state index in [0.29, 0.717) is 0 Å². The molecule has 81 valence electrons. The van der Waals surface area contributed by atoms with E-state index >= 15 is 0 Å². The predicted octanol–water partition coefficient (Wildman–Crippen LogP) is -8.82. The van der Waals surface area contributed by atoms with Crippen LogP contribution in [-0.2, 0) is 19.0 Å². The Kier molecular flexibility index (Phi) is 236. The van der Waals surface area contributed by atoms with Crippen LogP contribution in [0.1, 0.15) is 0 Å². The van der Waals surface area contributed by atoms with Gasteiger partial charge in [-0.1, -0.05) is 0 Å². The molecule has 0 aliphatic rings. The summed E-state index contributed by atoms with van der Waals surface area (Å²) >= 11 is -8.75. The van der Waals surface area contributed by atoms with Crippen molar-refractivity contribution in [2.45, 2.75) is 0 Å². The third-order valence-electron chi connectivity index (χ3n) is 0. The molecule has 0 aliphatic heterocycles. The topological polar surface area (TPSA) is 201 Å². The molecule has 0 aromatic heterocycles. The third-order valence-corrected chi connectivity index (χ3v) is 0. The number of hydrogen-bond donors (Lipinski definition) is 0. The summed E-state index contributed by atoms with van der Waals surface area (Å²) in [5, 5.41) is 0. The average molecular weight is 479 g/mol. The van der Waals surface area contributed by atoms with Crippen LogP contribution in [0.25, 0.3) is 0 Å². The van der Waals surface area contributed by atoms with Crippen LogP contribution in [0.15, 0.2) is 0 Å². The Morgan fingerprint density at radius 1 is 0.471 bits per heavy atom. The van der Waals surface area contributed by atoms with Gasteiger partial charge in [0.05, 0.1) is 0 Å². The maximum absolute atomic E-state index is 8.46. The van der Waals surface area contributed by atoms with Crippen molar-refractivity contribution in [3.05, 3.63) is 0 Å². The van der Waals surface area contributed by atoms with Gasteiger partial charge in [-0.2, -0.15) is 0 Å². The summed E-state index contributed by atoms with van der Waals surface area (Å²) in [5.41, 5.74) is 0. The SMILES string of the molecule is [Ca+2].[Nd+3].[O]=[Al][O-].[O]=[Al][O-].[O]=[Al][O-].[O]=[Al][O-].[O]=[Al][O-]. The Bertz CT molecular complexity index is 97.0. The zero-order valence-corrected chi connectivity index (χ0v) is 19.4. The molecule has 0 atom stereocenters. The van der Waals surface area contributed by atoms with Crippen LogP contribution in [0, 0.1) is 40.8 Å². The van der Waals surface area contributed by atoms with Gasteiger partial charge in [0.25, 0.3) is 0 Å². The predicted molar refractivity (Wildman–Crippen MR) is 38.0 cm³/mol. The molecule has 0 saturated carbocycles. The summed E-state index contributed by atoms with van der Waals surface area (Å²) < 4.78 is 84.6. The van der Waals surface area contributed by atoms with Crippen LogP contribution in [-0.4, -0.2) is 115 Å². The Morgan fingerprint density at radius 2 is 0.471 bits per heavy atom. The first kappa shape index (κ1) is 42.7. The monoisotopic (exact) mass is 477 g/mol. The van der Waals surface area contributed by atoms with Crippen molar-refractivity contribution in [2.24, 2.45) is 0 Å². The first-order valence-corrected chi connectivity index (χ1v) is 7.07. The molecule has 17 heavy (non-hydrogen) atoms. The molecule has 0 aliphatic carbocycles. The van der Waals surface area contributed by atoms with E-state index in [1.54, 1.807) is 0 Å². The average Bonchev–Trinajstić information content (AvgIpc) is 2.09. The first-order valence-electron chi connectivity index (χ1n) is 2.36.